The van der Waals surface area contributed by atoms with Gasteiger partial charge in [0.25, 0.3) is 0 Å². The van der Waals surface area contributed by atoms with Gasteiger partial charge in [0.15, 0.2) is 5.82 Å². The highest BCUT2D eigenvalue weighted by Gasteiger charge is 2.26. The number of aromatic amines is 1. The highest BCUT2D eigenvalue weighted by molar-refractivity contribution is 5.85. The number of hydrogen-bond acceptors (Lipinski definition) is 6. The van der Waals surface area contributed by atoms with Crippen molar-refractivity contribution in [1.82, 2.24) is 20.5 Å². The molecule has 1 aliphatic heterocycles. The lowest BCUT2D eigenvalue weighted by Gasteiger charge is -2.26. The zero-order chi connectivity index (χ0) is 17.6. The minimum atomic E-state index is -0.520. The van der Waals surface area contributed by atoms with Crippen molar-refractivity contribution in [2.45, 2.75) is 25.4 Å². The molecule has 1 amide bonds. The Labute approximate surface area is 158 Å². The van der Waals surface area contributed by atoms with E-state index in [0.717, 1.165) is 24.2 Å². The van der Waals surface area contributed by atoms with Crippen molar-refractivity contribution < 1.29 is 14.3 Å². The van der Waals surface area contributed by atoms with Gasteiger partial charge in [-0.3, -0.25) is 9.89 Å². The van der Waals surface area contributed by atoms with E-state index in [-0.39, 0.29) is 30.8 Å². The van der Waals surface area contributed by atoms with Crippen molar-refractivity contribution in [3.63, 3.8) is 0 Å². The van der Waals surface area contributed by atoms with E-state index in [0.29, 0.717) is 24.9 Å². The molecule has 1 unspecified atom stereocenters. The molecule has 142 valence electrons. The molecular formula is C17H24ClN5O3. The lowest BCUT2D eigenvalue weighted by atomic mass is 9.92. The predicted molar refractivity (Wildman–Crippen MR) is 99.0 cm³/mol. The monoisotopic (exact) mass is 381 g/mol. The number of ether oxygens (including phenoxy) is 2. The lowest BCUT2D eigenvalue weighted by molar-refractivity contribution is -0.124. The normalized spacial score (nSPS) is 15.8. The van der Waals surface area contributed by atoms with E-state index >= 15 is 0 Å². The molecular weight excluding hydrogens is 358 g/mol. The van der Waals surface area contributed by atoms with Crippen LogP contribution in [0.2, 0.25) is 0 Å². The van der Waals surface area contributed by atoms with Crippen LogP contribution in [-0.4, -0.2) is 47.5 Å². The van der Waals surface area contributed by atoms with E-state index in [2.05, 4.69) is 20.5 Å². The second-order valence-corrected chi connectivity index (χ2v) is 6.03. The number of nitrogens with one attached hydrogen (secondary N) is 2. The highest BCUT2D eigenvalue weighted by Crippen LogP contribution is 2.19. The topological polar surface area (TPSA) is 115 Å². The van der Waals surface area contributed by atoms with Crippen molar-refractivity contribution in [3.05, 3.63) is 30.1 Å². The van der Waals surface area contributed by atoms with Gasteiger partial charge in [-0.05, 0) is 43.0 Å². The average Bonchev–Trinajstić information content (AvgIpc) is 3.15. The zero-order valence-corrected chi connectivity index (χ0v) is 15.4. The molecule has 3 rings (SSSR count). The van der Waals surface area contributed by atoms with Crippen LogP contribution in [0.3, 0.4) is 0 Å². The maximum atomic E-state index is 12.2. The van der Waals surface area contributed by atoms with Gasteiger partial charge in [0.05, 0.1) is 19.7 Å². The molecule has 2 aromatic rings. The zero-order valence-electron chi connectivity index (χ0n) is 14.6. The van der Waals surface area contributed by atoms with Crippen LogP contribution in [-0.2, 0) is 16.1 Å². The molecule has 1 fully saturated rings. The number of H-pyrrole nitrogens is 1. The predicted octanol–water partition coefficient (Wildman–Crippen LogP) is 1.27. The molecule has 0 radical (unpaired) electrons. The molecule has 1 aromatic heterocycles. The number of hydrogen-bond donors (Lipinski definition) is 3. The number of nitrogens with zero attached hydrogens (tertiary/aromatic N) is 2. The van der Waals surface area contributed by atoms with Crippen molar-refractivity contribution in [1.29, 1.82) is 0 Å². The van der Waals surface area contributed by atoms with E-state index in [1.165, 1.54) is 0 Å². The average molecular weight is 382 g/mol. The number of rotatable bonds is 6. The Kier molecular flexibility index (Phi) is 7.38. The van der Waals surface area contributed by atoms with Crippen LogP contribution >= 0.6 is 12.4 Å². The maximum Gasteiger partial charge on any atom is 0.237 e. The first-order valence-corrected chi connectivity index (χ1v) is 8.34. The van der Waals surface area contributed by atoms with Gasteiger partial charge in [-0.25, -0.2) is 4.98 Å². The number of carbonyl (C=O) groups excluding carboxylic acids is 1. The Morgan fingerprint density at radius 2 is 2.08 bits per heavy atom. The smallest absolute Gasteiger partial charge is 0.237 e. The van der Waals surface area contributed by atoms with Crippen molar-refractivity contribution in [2.24, 2.45) is 11.7 Å². The summed E-state index contributed by atoms with van der Waals surface area (Å²) >= 11 is 0. The summed E-state index contributed by atoms with van der Waals surface area (Å²) in [4.78, 5) is 16.6. The molecule has 1 aliphatic rings. The summed E-state index contributed by atoms with van der Waals surface area (Å²) in [6.07, 6.45) is 1.64. The first kappa shape index (κ1) is 20.2. The lowest BCUT2D eigenvalue weighted by Crippen LogP contribution is -2.46. The Balaban J connectivity index is 0.00000243. The van der Waals surface area contributed by atoms with Crippen molar-refractivity contribution >= 4 is 18.3 Å². The van der Waals surface area contributed by atoms with Crippen LogP contribution in [0.1, 0.15) is 18.7 Å². The fourth-order valence-electron chi connectivity index (χ4n) is 2.82. The molecule has 26 heavy (non-hydrogen) atoms. The quantitative estimate of drug-likeness (QED) is 0.694. The van der Waals surface area contributed by atoms with Crippen LogP contribution in [0.25, 0.3) is 11.4 Å². The van der Waals surface area contributed by atoms with Crippen LogP contribution in [0.15, 0.2) is 24.3 Å². The van der Waals surface area contributed by atoms with Gasteiger partial charge in [0.2, 0.25) is 5.91 Å². The number of amides is 1. The Morgan fingerprint density at radius 3 is 2.73 bits per heavy atom. The minimum Gasteiger partial charge on any atom is -0.497 e. The summed E-state index contributed by atoms with van der Waals surface area (Å²) < 4.78 is 10.4. The first-order chi connectivity index (χ1) is 12.2. The van der Waals surface area contributed by atoms with Crippen molar-refractivity contribution in [2.75, 3.05) is 20.3 Å². The molecule has 0 aliphatic carbocycles. The second-order valence-electron chi connectivity index (χ2n) is 6.03. The Bertz CT molecular complexity index is 701. The fraction of sp³-hybridized carbons (Fsp3) is 0.471. The molecule has 0 spiro atoms. The minimum absolute atomic E-state index is 0. The van der Waals surface area contributed by atoms with Crippen molar-refractivity contribution in [3.8, 4) is 17.1 Å². The summed E-state index contributed by atoms with van der Waals surface area (Å²) in [6.45, 7) is 1.59. The van der Waals surface area contributed by atoms with E-state index in [9.17, 15) is 4.79 Å². The molecule has 1 saturated heterocycles. The summed E-state index contributed by atoms with van der Waals surface area (Å²) in [5.74, 6) is 1.92. The Morgan fingerprint density at radius 1 is 1.38 bits per heavy atom. The van der Waals surface area contributed by atoms with E-state index in [1.54, 1.807) is 7.11 Å². The molecule has 1 aromatic carbocycles. The maximum absolute atomic E-state index is 12.2. The number of carbonyl (C=O) groups is 1. The highest BCUT2D eigenvalue weighted by atomic mass is 35.5. The van der Waals surface area contributed by atoms with E-state index < -0.39 is 6.04 Å². The molecule has 1 atom stereocenters. The third-order valence-corrected chi connectivity index (χ3v) is 4.39. The first-order valence-electron chi connectivity index (χ1n) is 8.34. The largest absolute Gasteiger partial charge is 0.497 e. The second kappa shape index (κ2) is 9.51. The summed E-state index contributed by atoms with van der Waals surface area (Å²) in [5, 5.41) is 9.84. The van der Waals surface area contributed by atoms with E-state index in [1.807, 2.05) is 24.3 Å². The third kappa shape index (κ3) is 4.94. The Hall–Kier alpha value is -2.16. The number of methoxy groups -OCH3 is 1. The van der Waals surface area contributed by atoms with Gasteiger partial charge >= 0.3 is 0 Å². The SMILES string of the molecule is COc1ccc(-c2n[nH]c(CNC(=O)C(N)C3CCOCC3)n2)cc1.Cl. The molecule has 4 N–H and O–H groups in total. The van der Waals surface area contributed by atoms with Crippen LogP contribution < -0.4 is 15.8 Å². The van der Waals surface area contributed by atoms with E-state index in [4.69, 9.17) is 15.2 Å². The number of aromatic nitrogens is 3. The van der Waals surface area contributed by atoms with Crippen LogP contribution in [0.5, 0.6) is 5.75 Å². The summed E-state index contributed by atoms with van der Waals surface area (Å²) in [5.41, 5.74) is 6.92. The molecule has 0 saturated carbocycles. The summed E-state index contributed by atoms with van der Waals surface area (Å²) in [7, 11) is 1.62. The van der Waals surface area contributed by atoms with Gasteiger partial charge in [0.1, 0.15) is 11.6 Å². The standard InChI is InChI=1S/C17H23N5O3.ClH/c1-24-13-4-2-12(3-5-13)16-20-14(21-22-16)10-19-17(23)15(18)11-6-8-25-9-7-11;/h2-5,11,15H,6-10,18H2,1H3,(H,19,23)(H,20,21,22);1H. The molecule has 0 bridgehead atoms. The third-order valence-electron chi connectivity index (χ3n) is 4.39. The molecule has 9 heteroatoms. The van der Waals surface area contributed by atoms with Gasteiger partial charge in [-0.1, -0.05) is 0 Å². The molecule has 2 heterocycles. The number of benzene rings is 1. The number of nitrogens with two attached hydrogens (primary N) is 1. The van der Waals surface area contributed by atoms with Crippen LogP contribution in [0, 0.1) is 5.92 Å². The van der Waals surface area contributed by atoms with Crippen LogP contribution in [0.4, 0.5) is 0 Å². The fourth-order valence-corrected chi connectivity index (χ4v) is 2.82. The van der Waals surface area contributed by atoms with Gasteiger partial charge in [-0.15, -0.1) is 12.4 Å². The van der Waals surface area contributed by atoms with Gasteiger partial charge in [0, 0.05) is 18.8 Å². The van der Waals surface area contributed by atoms with Gasteiger partial charge < -0.3 is 20.5 Å². The molecule has 8 nitrogen and oxygen atoms in total. The van der Waals surface area contributed by atoms with Gasteiger partial charge in [-0.2, -0.15) is 5.10 Å². The number of halogens is 1. The summed E-state index contributed by atoms with van der Waals surface area (Å²) in [6, 6.07) is 6.93.